The van der Waals surface area contributed by atoms with Crippen LogP contribution < -0.4 is 5.32 Å². The van der Waals surface area contributed by atoms with Gasteiger partial charge in [-0.3, -0.25) is 4.79 Å². The van der Waals surface area contributed by atoms with Crippen LogP contribution in [0, 0.1) is 6.92 Å². The number of rotatable bonds is 3. The Morgan fingerprint density at radius 3 is 2.21 bits per heavy atom. The van der Waals surface area contributed by atoms with E-state index in [0.29, 0.717) is 16.1 Å². The minimum Gasteiger partial charge on any atom is -0.347 e. The largest absolute Gasteiger partial charge is 0.416 e. The molecule has 130 valence electrons. The molecule has 0 aliphatic rings. The van der Waals surface area contributed by atoms with Crippen molar-refractivity contribution in [2.45, 2.75) is 45.8 Å². The fourth-order valence-corrected chi connectivity index (χ4v) is 3.04. The molecule has 1 heterocycles. The second-order valence-electron chi connectivity index (χ2n) is 6.56. The number of carbonyl (C=O) groups is 1. The number of hydrogen-bond donors (Lipinski definition) is 1. The highest BCUT2D eigenvalue weighted by molar-refractivity contribution is 7.14. The Hall–Kier alpha value is -1.89. The van der Waals surface area contributed by atoms with Crippen LogP contribution >= 0.6 is 11.3 Å². The van der Waals surface area contributed by atoms with Gasteiger partial charge in [-0.15, -0.1) is 11.3 Å². The number of aromatic nitrogens is 1. The van der Waals surface area contributed by atoms with Crippen molar-refractivity contribution in [3.05, 3.63) is 51.0 Å². The van der Waals surface area contributed by atoms with Gasteiger partial charge in [-0.25, -0.2) is 4.98 Å². The minimum absolute atomic E-state index is 0.138. The van der Waals surface area contributed by atoms with E-state index in [4.69, 9.17) is 0 Å². The molecule has 24 heavy (non-hydrogen) atoms. The van der Waals surface area contributed by atoms with Crippen LogP contribution in [-0.4, -0.2) is 10.9 Å². The summed E-state index contributed by atoms with van der Waals surface area (Å²) in [7, 11) is 0. The van der Waals surface area contributed by atoms with E-state index in [1.165, 1.54) is 23.5 Å². The normalized spacial score (nSPS) is 12.3. The molecule has 0 saturated heterocycles. The number of nitrogens with zero attached hydrogens (tertiary/aromatic N) is 1. The molecule has 2 aromatic rings. The first-order chi connectivity index (χ1) is 11.0. The maximum absolute atomic E-state index is 12.5. The zero-order chi connectivity index (χ0) is 18.1. The highest BCUT2D eigenvalue weighted by Gasteiger charge is 2.30. The van der Waals surface area contributed by atoms with E-state index < -0.39 is 11.7 Å². The van der Waals surface area contributed by atoms with Crippen LogP contribution in [0.1, 0.15) is 52.3 Å². The zero-order valence-electron chi connectivity index (χ0n) is 13.9. The van der Waals surface area contributed by atoms with Crippen molar-refractivity contribution in [1.29, 1.82) is 0 Å². The molecular formula is C17H19F3N2OS. The van der Waals surface area contributed by atoms with E-state index in [1.807, 2.05) is 20.8 Å². The predicted octanol–water partition coefficient (Wildman–Crippen LogP) is 4.70. The Morgan fingerprint density at radius 2 is 1.75 bits per heavy atom. The lowest BCUT2D eigenvalue weighted by molar-refractivity contribution is -0.137. The Balaban J connectivity index is 2.05. The molecule has 0 spiro atoms. The molecule has 0 radical (unpaired) electrons. The lowest BCUT2D eigenvalue weighted by atomic mass is 9.98. The molecule has 0 unspecified atom stereocenters. The van der Waals surface area contributed by atoms with Crippen molar-refractivity contribution in [2.24, 2.45) is 0 Å². The molecule has 1 N–H and O–H groups in total. The zero-order valence-corrected chi connectivity index (χ0v) is 14.7. The third kappa shape index (κ3) is 4.35. The Morgan fingerprint density at radius 1 is 1.17 bits per heavy atom. The van der Waals surface area contributed by atoms with Gasteiger partial charge in [0.05, 0.1) is 16.3 Å². The molecule has 0 saturated carbocycles. The van der Waals surface area contributed by atoms with E-state index in [-0.39, 0.29) is 17.9 Å². The summed E-state index contributed by atoms with van der Waals surface area (Å²) in [6.45, 7) is 8.01. The Kier molecular flexibility index (Phi) is 5.03. The van der Waals surface area contributed by atoms with Crippen LogP contribution in [0.3, 0.4) is 0 Å². The van der Waals surface area contributed by atoms with Gasteiger partial charge in [0.1, 0.15) is 4.88 Å². The van der Waals surface area contributed by atoms with E-state index in [1.54, 1.807) is 6.92 Å². The van der Waals surface area contributed by atoms with Gasteiger partial charge < -0.3 is 5.32 Å². The van der Waals surface area contributed by atoms with Gasteiger partial charge in [0.2, 0.25) is 0 Å². The van der Waals surface area contributed by atoms with Gasteiger partial charge in [0, 0.05) is 12.0 Å². The summed E-state index contributed by atoms with van der Waals surface area (Å²) in [6, 6.07) is 4.75. The molecule has 1 amide bonds. The predicted molar refractivity (Wildman–Crippen MR) is 88.2 cm³/mol. The fourth-order valence-electron chi connectivity index (χ4n) is 2.00. The van der Waals surface area contributed by atoms with Gasteiger partial charge in [0.15, 0.2) is 0 Å². The molecule has 0 atom stereocenters. The average Bonchev–Trinajstić information content (AvgIpc) is 2.86. The number of thiazole rings is 1. The van der Waals surface area contributed by atoms with Crippen molar-refractivity contribution >= 4 is 17.2 Å². The van der Waals surface area contributed by atoms with Crippen molar-refractivity contribution in [2.75, 3.05) is 0 Å². The first-order valence-corrected chi connectivity index (χ1v) is 8.22. The number of alkyl halides is 3. The minimum atomic E-state index is -4.36. The highest BCUT2D eigenvalue weighted by Crippen LogP contribution is 2.30. The first-order valence-electron chi connectivity index (χ1n) is 7.41. The number of amides is 1. The van der Waals surface area contributed by atoms with Crippen LogP contribution in [0.4, 0.5) is 13.2 Å². The van der Waals surface area contributed by atoms with Crippen molar-refractivity contribution in [3.63, 3.8) is 0 Å². The summed E-state index contributed by atoms with van der Waals surface area (Å²) in [5.74, 6) is -0.264. The molecule has 0 fully saturated rings. The van der Waals surface area contributed by atoms with Crippen LogP contribution in [0.5, 0.6) is 0 Å². The van der Waals surface area contributed by atoms with Crippen molar-refractivity contribution in [3.8, 4) is 0 Å². The van der Waals surface area contributed by atoms with E-state index in [2.05, 4.69) is 10.3 Å². The molecule has 0 bridgehead atoms. The van der Waals surface area contributed by atoms with Gasteiger partial charge in [-0.05, 0) is 24.6 Å². The summed E-state index contributed by atoms with van der Waals surface area (Å²) < 4.78 is 37.6. The summed E-state index contributed by atoms with van der Waals surface area (Å²) >= 11 is 1.34. The standard InChI is InChI=1S/C17H19F3N2OS/c1-10-13(24-15(22-10)16(2,3)4)14(23)21-9-11-5-7-12(8-6-11)17(18,19)20/h5-8H,9H2,1-4H3,(H,21,23). The lowest BCUT2D eigenvalue weighted by Crippen LogP contribution is -2.22. The number of aryl methyl sites for hydroxylation is 1. The maximum Gasteiger partial charge on any atom is 0.416 e. The van der Waals surface area contributed by atoms with Gasteiger partial charge in [-0.2, -0.15) is 13.2 Å². The van der Waals surface area contributed by atoms with Crippen molar-refractivity contribution in [1.82, 2.24) is 10.3 Å². The second-order valence-corrected chi connectivity index (χ2v) is 7.56. The molecule has 1 aromatic heterocycles. The summed E-state index contributed by atoms with van der Waals surface area (Å²) in [4.78, 5) is 17.2. The average molecular weight is 356 g/mol. The molecule has 0 aliphatic carbocycles. The SMILES string of the molecule is Cc1nc(C(C)(C)C)sc1C(=O)NCc1ccc(C(F)(F)F)cc1. The van der Waals surface area contributed by atoms with Crippen molar-refractivity contribution < 1.29 is 18.0 Å². The van der Waals surface area contributed by atoms with Crippen LogP contribution in [0.15, 0.2) is 24.3 Å². The third-order valence-electron chi connectivity index (χ3n) is 3.38. The molecule has 3 nitrogen and oxygen atoms in total. The Labute approximate surface area is 142 Å². The second kappa shape index (κ2) is 6.55. The number of hydrogen-bond acceptors (Lipinski definition) is 3. The molecule has 1 aromatic carbocycles. The molecule has 7 heteroatoms. The van der Waals surface area contributed by atoms with Crippen LogP contribution in [-0.2, 0) is 18.1 Å². The first kappa shape index (κ1) is 18.4. The number of carbonyl (C=O) groups excluding carboxylic acids is 1. The monoisotopic (exact) mass is 356 g/mol. The van der Waals surface area contributed by atoms with E-state index in [0.717, 1.165) is 17.1 Å². The molecular weight excluding hydrogens is 337 g/mol. The number of halogens is 3. The van der Waals surface area contributed by atoms with E-state index >= 15 is 0 Å². The van der Waals surface area contributed by atoms with Crippen LogP contribution in [0.2, 0.25) is 0 Å². The summed E-state index contributed by atoms with van der Waals surface area (Å²) in [5, 5.41) is 3.60. The quantitative estimate of drug-likeness (QED) is 0.866. The van der Waals surface area contributed by atoms with Gasteiger partial charge in [0.25, 0.3) is 5.91 Å². The van der Waals surface area contributed by atoms with Crippen LogP contribution in [0.25, 0.3) is 0 Å². The van der Waals surface area contributed by atoms with Gasteiger partial charge >= 0.3 is 6.18 Å². The lowest BCUT2D eigenvalue weighted by Gasteiger charge is -2.13. The smallest absolute Gasteiger partial charge is 0.347 e. The van der Waals surface area contributed by atoms with Gasteiger partial charge in [-0.1, -0.05) is 32.9 Å². The summed E-state index contributed by atoms with van der Waals surface area (Å²) in [6.07, 6.45) is -4.36. The highest BCUT2D eigenvalue weighted by atomic mass is 32.1. The fraction of sp³-hybridized carbons (Fsp3) is 0.412. The topological polar surface area (TPSA) is 42.0 Å². The number of benzene rings is 1. The maximum atomic E-state index is 12.5. The summed E-state index contributed by atoms with van der Waals surface area (Å²) in [5.41, 5.74) is 0.427. The molecule has 0 aliphatic heterocycles. The number of nitrogens with one attached hydrogen (secondary N) is 1. The van der Waals surface area contributed by atoms with E-state index in [9.17, 15) is 18.0 Å². The third-order valence-corrected chi connectivity index (χ3v) is 4.96. The molecule has 2 rings (SSSR count). The Bertz CT molecular complexity index is 728.